The van der Waals surface area contributed by atoms with Gasteiger partial charge < -0.3 is 0 Å². The van der Waals surface area contributed by atoms with Crippen molar-refractivity contribution in [1.82, 2.24) is 0 Å². The molecule has 2 radical (unpaired) electrons. The Hall–Kier alpha value is -2.61. The second kappa shape index (κ2) is 7.90. The van der Waals surface area contributed by atoms with Crippen LogP contribution >= 0.6 is 11.1 Å². The van der Waals surface area contributed by atoms with E-state index < -0.39 is 0 Å². The highest BCUT2D eigenvalue weighted by molar-refractivity contribution is 7.01. The molecule has 0 spiro atoms. The molecule has 3 aromatic rings. The number of allylic oxidation sites excluding steroid dienone is 8. The van der Waals surface area contributed by atoms with E-state index in [1.165, 1.54) is 54.9 Å². The van der Waals surface area contributed by atoms with Gasteiger partial charge in [-0.2, -0.15) is 11.1 Å². The van der Waals surface area contributed by atoms with Gasteiger partial charge in [-0.15, -0.1) is 0 Å². The van der Waals surface area contributed by atoms with Crippen LogP contribution in [-0.2, 0) is 0 Å². The van der Waals surface area contributed by atoms with Gasteiger partial charge in [0.05, 0.1) is 0 Å². The van der Waals surface area contributed by atoms with Crippen molar-refractivity contribution in [1.29, 1.82) is 0 Å². The zero-order valence-corrected chi connectivity index (χ0v) is 19.0. The van der Waals surface area contributed by atoms with Crippen LogP contribution < -0.4 is 5.19 Å². The van der Waals surface area contributed by atoms with E-state index in [-0.39, 0.29) is 14.7 Å². The first-order valence-electron chi connectivity index (χ1n) is 10.4. The Kier molecular flexibility index (Phi) is 5.10. The summed E-state index contributed by atoms with van der Waals surface area (Å²) in [5, 5.41) is 3.87. The van der Waals surface area contributed by atoms with Crippen molar-refractivity contribution < 1.29 is 0 Å². The largest absolute Gasteiger partial charge is 0.210 e. The van der Waals surface area contributed by atoms with Gasteiger partial charge in [-0.1, -0.05) is 85.0 Å². The molecule has 3 aromatic carbocycles. The molecule has 0 bridgehead atoms. The number of hydrogen-bond donors (Lipinski definition) is 0. The Bertz CT molecular complexity index is 1270. The maximum absolute atomic E-state index is 6.30. The monoisotopic (exact) mass is 422 g/mol. The van der Waals surface area contributed by atoms with Crippen LogP contribution in [0.1, 0.15) is 34.6 Å². The van der Waals surface area contributed by atoms with E-state index in [1.54, 1.807) is 0 Å². The molecule has 146 valence electrons. The van der Waals surface area contributed by atoms with Gasteiger partial charge in [-0.05, 0) is 75.2 Å². The van der Waals surface area contributed by atoms with Crippen LogP contribution in [0.15, 0.2) is 96.1 Å². The molecule has 1 unspecified atom stereocenters. The number of halogens is 1. The summed E-state index contributed by atoms with van der Waals surface area (Å²) in [5.41, 5.74) is 9.57. The molecule has 2 aliphatic carbocycles. The van der Waals surface area contributed by atoms with Crippen molar-refractivity contribution in [2.45, 2.75) is 26.2 Å². The molecule has 0 N–H and O–H groups in total. The van der Waals surface area contributed by atoms with E-state index in [2.05, 4.69) is 98.8 Å². The summed E-state index contributed by atoms with van der Waals surface area (Å²) in [4.78, 5) is 0. The summed E-state index contributed by atoms with van der Waals surface area (Å²) in [6.07, 6.45) is 12.3. The van der Waals surface area contributed by atoms with Gasteiger partial charge >= 0.3 is 0 Å². The summed E-state index contributed by atoms with van der Waals surface area (Å²) in [6.45, 7) is 4.42. The van der Waals surface area contributed by atoms with Crippen LogP contribution in [0.5, 0.6) is 0 Å². The molecule has 1 atom stereocenters. The molecule has 0 heterocycles. The van der Waals surface area contributed by atoms with Crippen LogP contribution in [0.3, 0.4) is 0 Å². The Balaban J connectivity index is 1.77. The maximum Gasteiger partial charge on any atom is 0.210 e. The third-order valence-electron chi connectivity index (χ3n) is 6.29. The fraction of sp³-hybridized carbons (Fsp3) is 0.143. The molecule has 0 nitrogen and oxygen atoms in total. The highest BCUT2D eigenvalue weighted by Crippen LogP contribution is 2.49. The highest BCUT2D eigenvalue weighted by atomic mass is 35.6. The van der Waals surface area contributed by atoms with Gasteiger partial charge in [0.15, 0.2) is 0 Å². The van der Waals surface area contributed by atoms with Crippen molar-refractivity contribution in [2.75, 3.05) is 0 Å². The lowest BCUT2D eigenvalue weighted by molar-refractivity contribution is 1.04. The predicted octanol–water partition coefficient (Wildman–Crippen LogP) is 6.93. The number of fused-ring (bicyclic) bond motifs is 1. The van der Waals surface area contributed by atoms with E-state index in [0.29, 0.717) is 0 Å². The SMILES string of the molecule is Cc1cc(C2=CC3=C(C=CC=CC3)C2c2cccc([Si]Cl)c2C)c2ccccc2c1. The van der Waals surface area contributed by atoms with Crippen LogP contribution in [0.25, 0.3) is 16.3 Å². The Morgan fingerprint density at radius 1 is 0.967 bits per heavy atom. The Morgan fingerprint density at radius 3 is 2.70 bits per heavy atom. The molecule has 2 heteroatoms. The van der Waals surface area contributed by atoms with Crippen molar-refractivity contribution in [3.05, 3.63) is 118 Å². The molecular formula is C28H23ClSi. The quantitative estimate of drug-likeness (QED) is 0.317. The van der Waals surface area contributed by atoms with Crippen LogP contribution in [0.4, 0.5) is 0 Å². The molecule has 0 saturated heterocycles. The standard InChI is InChI=1S/C28H23ClSi/c1-18-15-20-10-6-7-11-23(20)25(16-18)26-17-21-9-4-3-5-12-24(21)28(26)22-13-8-14-27(30-29)19(22)2/h3-8,10-17,28H,9H2,1-2H3. The van der Waals surface area contributed by atoms with Crippen molar-refractivity contribution >= 4 is 41.4 Å². The molecule has 0 fully saturated rings. The van der Waals surface area contributed by atoms with Gasteiger partial charge in [0, 0.05) is 5.92 Å². The minimum absolute atomic E-state index is 0.231. The molecule has 2 aliphatic rings. The maximum atomic E-state index is 6.30. The van der Waals surface area contributed by atoms with E-state index in [4.69, 9.17) is 11.1 Å². The normalized spacial score (nSPS) is 18.0. The molecular weight excluding hydrogens is 400 g/mol. The molecule has 30 heavy (non-hydrogen) atoms. The second-order valence-electron chi connectivity index (χ2n) is 8.15. The smallest absolute Gasteiger partial charge is 0.165 e. The molecule has 0 aromatic heterocycles. The lowest BCUT2D eigenvalue weighted by Gasteiger charge is -2.23. The van der Waals surface area contributed by atoms with Crippen LogP contribution in [0.2, 0.25) is 0 Å². The third kappa shape index (κ3) is 3.23. The number of rotatable bonds is 3. The Labute approximate surface area is 185 Å². The van der Waals surface area contributed by atoms with E-state index in [1.807, 2.05) is 0 Å². The molecule has 5 rings (SSSR count). The molecule has 0 saturated carbocycles. The van der Waals surface area contributed by atoms with Crippen molar-refractivity contribution in [3.63, 3.8) is 0 Å². The first kappa shape index (κ1) is 19.4. The zero-order valence-electron chi connectivity index (χ0n) is 17.2. The van der Waals surface area contributed by atoms with Gasteiger partial charge in [-0.25, -0.2) is 0 Å². The number of hydrogen-bond acceptors (Lipinski definition) is 0. The predicted molar refractivity (Wildman–Crippen MR) is 132 cm³/mol. The fourth-order valence-electron chi connectivity index (χ4n) is 4.86. The minimum Gasteiger partial charge on any atom is -0.165 e. The number of benzene rings is 3. The van der Waals surface area contributed by atoms with E-state index in [9.17, 15) is 0 Å². The Morgan fingerprint density at radius 2 is 1.83 bits per heavy atom. The fourth-order valence-corrected chi connectivity index (χ4v) is 5.92. The van der Waals surface area contributed by atoms with Gasteiger partial charge in [0.1, 0.15) is 0 Å². The van der Waals surface area contributed by atoms with Gasteiger partial charge in [0.2, 0.25) is 8.83 Å². The first-order chi connectivity index (χ1) is 14.7. The third-order valence-corrected chi connectivity index (χ3v) is 7.64. The minimum atomic E-state index is 0.231. The summed E-state index contributed by atoms with van der Waals surface area (Å²) in [5.74, 6) is 0.231. The molecule has 0 amide bonds. The second-order valence-corrected chi connectivity index (χ2v) is 9.45. The summed E-state index contributed by atoms with van der Waals surface area (Å²) in [7, 11) is 0.288. The first-order valence-corrected chi connectivity index (χ1v) is 12.4. The van der Waals surface area contributed by atoms with E-state index in [0.717, 1.165) is 6.42 Å². The number of aryl methyl sites for hydroxylation is 1. The average Bonchev–Trinajstić information content (AvgIpc) is 2.95. The summed E-state index contributed by atoms with van der Waals surface area (Å²) in [6, 6.07) is 20.0. The zero-order chi connectivity index (χ0) is 20.7. The topological polar surface area (TPSA) is 0 Å². The van der Waals surface area contributed by atoms with Crippen molar-refractivity contribution in [3.8, 4) is 0 Å². The van der Waals surface area contributed by atoms with Gasteiger partial charge in [0.25, 0.3) is 0 Å². The summed E-state index contributed by atoms with van der Waals surface area (Å²) < 4.78 is 0. The highest BCUT2D eigenvalue weighted by Gasteiger charge is 2.31. The lowest BCUT2D eigenvalue weighted by Crippen LogP contribution is -2.17. The summed E-state index contributed by atoms with van der Waals surface area (Å²) >= 11 is 6.30. The van der Waals surface area contributed by atoms with Crippen LogP contribution in [0, 0.1) is 13.8 Å². The van der Waals surface area contributed by atoms with Crippen molar-refractivity contribution in [2.24, 2.45) is 0 Å². The van der Waals surface area contributed by atoms with Crippen LogP contribution in [-0.4, -0.2) is 8.83 Å². The van der Waals surface area contributed by atoms with E-state index >= 15 is 0 Å². The molecule has 0 aliphatic heterocycles. The lowest BCUT2D eigenvalue weighted by atomic mass is 9.81. The van der Waals surface area contributed by atoms with Gasteiger partial charge in [-0.3, -0.25) is 0 Å². The average molecular weight is 423 g/mol.